The Hall–Kier alpha value is -1.59. The summed E-state index contributed by atoms with van der Waals surface area (Å²) >= 11 is 0. The predicted molar refractivity (Wildman–Crippen MR) is 85.0 cm³/mol. The van der Waals surface area contributed by atoms with Crippen molar-refractivity contribution in [2.75, 3.05) is 31.2 Å². The number of nitrogens with two attached hydrogens (primary N) is 1. The predicted octanol–water partition coefficient (Wildman–Crippen LogP) is 1.83. The van der Waals surface area contributed by atoms with Gasteiger partial charge in [0.15, 0.2) is 0 Å². The Morgan fingerprint density at radius 1 is 1.43 bits per heavy atom. The van der Waals surface area contributed by atoms with E-state index in [0.29, 0.717) is 25.2 Å². The van der Waals surface area contributed by atoms with Crippen LogP contribution >= 0.6 is 0 Å². The molecular formula is C16H25N3O2. The van der Waals surface area contributed by atoms with E-state index in [-0.39, 0.29) is 5.91 Å². The SMILES string of the molecule is CN(CCC(=O)Nc1cccc(N)c1)CC1(O)CCCC1. The van der Waals surface area contributed by atoms with Crippen LogP contribution in [-0.4, -0.2) is 41.7 Å². The highest BCUT2D eigenvalue weighted by Crippen LogP contribution is 2.29. The van der Waals surface area contributed by atoms with Gasteiger partial charge in [0, 0.05) is 30.9 Å². The van der Waals surface area contributed by atoms with Gasteiger partial charge in [-0.3, -0.25) is 4.79 Å². The molecule has 5 heteroatoms. The summed E-state index contributed by atoms with van der Waals surface area (Å²) in [5, 5.41) is 13.2. The van der Waals surface area contributed by atoms with Crippen LogP contribution in [0.5, 0.6) is 0 Å². The van der Waals surface area contributed by atoms with Crippen molar-refractivity contribution in [1.82, 2.24) is 4.90 Å². The number of amides is 1. The van der Waals surface area contributed by atoms with Crippen molar-refractivity contribution >= 4 is 17.3 Å². The molecule has 1 aliphatic rings. The zero-order valence-electron chi connectivity index (χ0n) is 12.6. The fourth-order valence-corrected chi connectivity index (χ4v) is 2.91. The molecule has 21 heavy (non-hydrogen) atoms. The number of aliphatic hydroxyl groups is 1. The zero-order valence-corrected chi connectivity index (χ0v) is 12.6. The number of benzene rings is 1. The molecule has 2 rings (SSSR count). The zero-order chi connectivity index (χ0) is 15.3. The number of hydrogen-bond donors (Lipinski definition) is 3. The third-order valence-electron chi connectivity index (χ3n) is 3.99. The van der Waals surface area contributed by atoms with Gasteiger partial charge < -0.3 is 21.1 Å². The van der Waals surface area contributed by atoms with Crippen LogP contribution in [0.15, 0.2) is 24.3 Å². The number of carbonyl (C=O) groups is 1. The van der Waals surface area contributed by atoms with Crippen LogP contribution in [-0.2, 0) is 4.79 Å². The lowest BCUT2D eigenvalue weighted by Crippen LogP contribution is -2.40. The molecule has 0 saturated heterocycles. The average molecular weight is 291 g/mol. The Morgan fingerprint density at radius 2 is 2.14 bits per heavy atom. The van der Waals surface area contributed by atoms with Crippen molar-refractivity contribution in [2.24, 2.45) is 0 Å². The van der Waals surface area contributed by atoms with E-state index in [0.717, 1.165) is 31.4 Å². The molecule has 1 fully saturated rings. The van der Waals surface area contributed by atoms with Crippen LogP contribution in [0.4, 0.5) is 11.4 Å². The number of likely N-dealkylation sites (N-methyl/N-ethyl adjacent to an activating group) is 1. The van der Waals surface area contributed by atoms with Crippen LogP contribution in [0.25, 0.3) is 0 Å². The van der Waals surface area contributed by atoms with E-state index in [1.807, 2.05) is 24.1 Å². The van der Waals surface area contributed by atoms with E-state index in [1.54, 1.807) is 12.1 Å². The first-order chi connectivity index (χ1) is 9.97. The normalized spacial score (nSPS) is 17.1. The summed E-state index contributed by atoms with van der Waals surface area (Å²) in [6.07, 6.45) is 4.33. The first-order valence-corrected chi connectivity index (χ1v) is 7.53. The molecule has 0 bridgehead atoms. The fraction of sp³-hybridized carbons (Fsp3) is 0.562. The van der Waals surface area contributed by atoms with Crippen molar-refractivity contribution in [2.45, 2.75) is 37.7 Å². The Labute approximate surface area is 126 Å². The Balaban J connectivity index is 1.73. The van der Waals surface area contributed by atoms with E-state index in [9.17, 15) is 9.90 Å². The van der Waals surface area contributed by atoms with E-state index < -0.39 is 5.60 Å². The Morgan fingerprint density at radius 3 is 2.81 bits per heavy atom. The van der Waals surface area contributed by atoms with Crippen LogP contribution in [0.2, 0.25) is 0 Å². The van der Waals surface area contributed by atoms with Crippen LogP contribution in [0.1, 0.15) is 32.1 Å². The molecule has 116 valence electrons. The second-order valence-corrected chi connectivity index (χ2v) is 6.09. The van der Waals surface area contributed by atoms with Crippen molar-refractivity contribution in [1.29, 1.82) is 0 Å². The lowest BCUT2D eigenvalue weighted by Gasteiger charge is -2.28. The number of anilines is 2. The van der Waals surface area contributed by atoms with Gasteiger partial charge in [-0.05, 0) is 38.1 Å². The molecule has 0 spiro atoms. The summed E-state index contributed by atoms with van der Waals surface area (Å²) in [5.41, 5.74) is 6.47. The number of nitrogens with one attached hydrogen (secondary N) is 1. The van der Waals surface area contributed by atoms with E-state index in [2.05, 4.69) is 5.32 Å². The second-order valence-electron chi connectivity index (χ2n) is 6.09. The fourth-order valence-electron chi connectivity index (χ4n) is 2.91. The van der Waals surface area contributed by atoms with Gasteiger partial charge in [-0.25, -0.2) is 0 Å². The minimum absolute atomic E-state index is 0.0362. The molecule has 1 amide bonds. The standard InChI is InChI=1S/C16H25N3O2/c1-19(12-16(21)8-2-3-9-16)10-7-15(20)18-14-6-4-5-13(17)11-14/h4-6,11,21H,2-3,7-10,12,17H2,1H3,(H,18,20). The smallest absolute Gasteiger partial charge is 0.225 e. The molecule has 1 saturated carbocycles. The molecular weight excluding hydrogens is 266 g/mol. The molecule has 0 radical (unpaired) electrons. The van der Waals surface area contributed by atoms with Gasteiger partial charge in [0.2, 0.25) is 5.91 Å². The molecule has 0 atom stereocenters. The topological polar surface area (TPSA) is 78.6 Å². The van der Waals surface area contributed by atoms with Crippen molar-refractivity contribution in [3.8, 4) is 0 Å². The van der Waals surface area contributed by atoms with Gasteiger partial charge in [-0.2, -0.15) is 0 Å². The third-order valence-corrected chi connectivity index (χ3v) is 3.99. The van der Waals surface area contributed by atoms with Crippen LogP contribution < -0.4 is 11.1 Å². The Bertz CT molecular complexity index is 484. The van der Waals surface area contributed by atoms with Gasteiger partial charge in [0.1, 0.15) is 0 Å². The van der Waals surface area contributed by atoms with Crippen molar-refractivity contribution < 1.29 is 9.90 Å². The molecule has 1 aromatic carbocycles. The number of nitrogen functional groups attached to an aromatic ring is 1. The van der Waals surface area contributed by atoms with E-state index >= 15 is 0 Å². The lowest BCUT2D eigenvalue weighted by atomic mass is 10.0. The molecule has 0 unspecified atom stereocenters. The lowest BCUT2D eigenvalue weighted by molar-refractivity contribution is -0.116. The molecule has 0 aromatic heterocycles. The van der Waals surface area contributed by atoms with Crippen LogP contribution in [0.3, 0.4) is 0 Å². The average Bonchev–Trinajstić information content (AvgIpc) is 2.83. The maximum atomic E-state index is 11.9. The second kappa shape index (κ2) is 6.91. The largest absolute Gasteiger partial charge is 0.399 e. The summed E-state index contributed by atoms with van der Waals surface area (Å²) in [6.45, 7) is 1.27. The highest BCUT2D eigenvalue weighted by atomic mass is 16.3. The van der Waals surface area contributed by atoms with Gasteiger partial charge >= 0.3 is 0 Å². The quantitative estimate of drug-likeness (QED) is 0.699. The highest BCUT2D eigenvalue weighted by molar-refractivity contribution is 5.91. The van der Waals surface area contributed by atoms with Gasteiger partial charge in [0.25, 0.3) is 0 Å². The summed E-state index contributed by atoms with van der Waals surface area (Å²) in [7, 11) is 1.95. The summed E-state index contributed by atoms with van der Waals surface area (Å²) in [4.78, 5) is 13.9. The number of nitrogens with zero attached hydrogens (tertiary/aromatic N) is 1. The van der Waals surface area contributed by atoms with Gasteiger partial charge in [-0.1, -0.05) is 18.9 Å². The highest BCUT2D eigenvalue weighted by Gasteiger charge is 2.32. The van der Waals surface area contributed by atoms with E-state index in [4.69, 9.17) is 5.73 Å². The molecule has 1 aliphatic carbocycles. The minimum Gasteiger partial charge on any atom is -0.399 e. The van der Waals surface area contributed by atoms with Crippen molar-refractivity contribution in [3.63, 3.8) is 0 Å². The number of rotatable bonds is 6. The summed E-state index contributed by atoms with van der Waals surface area (Å²) in [6, 6.07) is 7.15. The molecule has 0 heterocycles. The third kappa shape index (κ3) is 5.02. The van der Waals surface area contributed by atoms with Crippen molar-refractivity contribution in [3.05, 3.63) is 24.3 Å². The minimum atomic E-state index is -0.556. The van der Waals surface area contributed by atoms with Crippen LogP contribution in [0, 0.1) is 0 Å². The van der Waals surface area contributed by atoms with Gasteiger partial charge in [0.05, 0.1) is 5.60 Å². The first kappa shape index (κ1) is 15.8. The first-order valence-electron chi connectivity index (χ1n) is 7.53. The van der Waals surface area contributed by atoms with E-state index in [1.165, 1.54) is 0 Å². The summed E-state index contributed by atoms with van der Waals surface area (Å²) < 4.78 is 0. The maximum Gasteiger partial charge on any atom is 0.225 e. The number of hydrogen-bond acceptors (Lipinski definition) is 4. The number of carbonyl (C=O) groups excluding carboxylic acids is 1. The molecule has 4 N–H and O–H groups in total. The Kier molecular flexibility index (Phi) is 5.20. The molecule has 0 aliphatic heterocycles. The maximum absolute atomic E-state index is 11.9. The van der Waals surface area contributed by atoms with Gasteiger partial charge in [-0.15, -0.1) is 0 Å². The monoisotopic (exact) mass is 291 g/mol. The molecule has 1 aromatic rings. The molecule has 5 nitrogen and oxygen atoms in total. The summed E-state index contributed by atoms with van der Waals surface area (Å²) in [5.74, 6) is -0.0362.